The molecule has 120 valence electrons. The van der Waals surface area contributed by atoms with Gasteiger partial charge in [0, 0.05) is 0 Å². The Hall–Kier alpha value is -2.28. The molecule has 0 amide bonds. The Morgan fingerprint density at radius 1 is 0.600 bits per heavy atom. The first-order chi connectivity index (χ1) is 11.9. The van der Waals surface area contributed by atoms with E-state index in [1.54, 1.807) is 0 Å². The fourth-order valence-electron chi connectivity index (χ4n) is 2.65. The van der Waals surface area contributed by atoms with Crippen LogP contribution in [-0.2, 0) is 21.7 Å². The molecule has 0 radical (unpaired) electrons. The quantitative estimate of drug-likeness (QED) is 0.306. The molecule has 0 nitrogen and oxygen atoms in total. The minimum absolute atomic E-state index is 0. The van der Waals surface area contributed by atoms with Gasteiger partial charge in [0.2, 0.25) is 0 Å². The van der Waals surface area contributed by atoms with E-state index >= 15 is 0 Å². The summed E-state index contributed by atoms with van der Waals surface area (Å²) >= 11 is 0. The van der Waals surface area contributed by atoms with E-state index in [0.29, 0.717) is 0 Å². The van der Waals surface area contributed by atoms with Crippen molar-refractivity contribution in [2.75, 3.05) is 0 Å². The summed E-state index contributed by atoms with van der Waals surface area (Å²) < 4.78 is 0. The Labute approximate surface area is 165 Å². The maximum Gasteiger partial charge on any atom is 2.00 e. The third-order valence-corrected chi connectivity index (χ3v) is 3.77. The van der Waals surface area contributed by atoms with Gasteiger partial charge in [-0.1, -0.05) is 114 Å². The molecular formula is C24H20Ti. The van der Waals surface area contributed by atoms with Gasteiger partial charge in [0.25, 0.3) is 0 Å². The first kappa shape index (κ1) is 19.1. The van der Waals surface area contributed by atoms with Crippen molar-refractivity contribution in [1.29, 1.82) is 0 Å². The third-order valence-electron chi connectivity index (χ3n) is 3.77. The molecule has 1 heteroatoms. The molecule has 0 saturated heterocycles. The molecule has 25 heavy (non-hydrogen) atoms. The van der Waals surface area contributed by atoms with Crippen LogP contribution in [0.15, 0.2) is 109 Å². The van der Waals surface area contributed by atoms with Crippen LogP contribution in [0.1, 0.15) is 23.1 Å². The average Bonchev–Trinajstić information content (AvgIpc) is 3.25. The SMILES string of the molecule is [C-]1=CC=CC1.[Ti+2].c1ccc([C-](c2ccccc2)c2ccccc2)cc1. The average molecular weight is 356 g/mol. The zero-order valence-electron chi connectivity index (χ0n) is 14.1. The largest absolute Gasteiger partial charge is 2.00 e. The van der Waals surface area contributed by atoms with Crippen molar-refractivity contribution in [3.8, 4) is 0 Å². The van der Waals surface area contributed by atoms with Crippen LogP contribution < -0.4 is 0 Å². The summed E-state index contributed by atoms with van der Waals surface area (Å²) in [6.07, 6.45) is 10.0. The smallest absolute Gasteiger partial charge is 0.273 e. The molecule has 1 aliphatic rings. The summed E-state index contributed by atoms with van der Waals surface area (Å²) in [5.74, 6) is 1.28. The summed E-state index contributed by atoms with van der Waals surface area (Å²) in [7, 11) is 0. The molecule has 0 saturated carbocycles. The van der Waals surface area contributed by atoms with E-state index in [4.69, 9.17) is 0 Å². The van der Waals surface area contributed by atoms with E-state index in [-0.39, 0.29) is 21.7 Å². The first-order valence-electron chi connectivity index (χ1n) is 8.20. The van der Waals surface area contributed by atoms with E-state index < -0.39 is 0 Å². The van der Waals surface area contributed by atoms with E-state index in [2.05, 4.69) is 103 Å². The molecule has 4 rings (SSSR count). The molecule has 3 aromatic carbocycles. The van der Waals surface area contributed by atoms with Crippen molar-refractivity contribution in [2.45, 2.75) is 6.42 Å². The Morgan fingerprint density at radius 3 is 1.24 bits per heavy atom. The maximum atomic E-state index is 2.99. The number of allylic oxidation sites excluding steroid dienone is 4. The van der Waals surface area contributed by atoms with Gasteiger partial charge in [-0.05, 0) is 0 Å². The number of hydrogen-bond acceptors (Lipinski definition) is 0. The predicted molar refractivity (Wildman–Crippen MR) is 101 cm³/mol. The third kappa shape index (κ3) is 5.64. The fourth-order valence-corrected chi connectivity index (χ4v) is 2.65. The summed E-state index contributed by atoms with van der Waals surface area (Å²) in [4.78, 5) is 0. The van der Waals surface area contributed by atoms with Crippen molar-refractivity contribution in [2.24, 2.45) is 0 Å². The van der Waals surface area contributed by atoms with Crippen molar-refractivity contribution >= 4 is 0 Å². The second kappa shape index (κ2) is 10.6. The van der Waals surface area contributed by atoms with Crippen LogP contribution in [-0.4, -0.2) is 0 Å². The second-order valence-corrected chi connectivity index (χ2v) is 5.48. The molecular weight excluding hydrogens is 336 g/mol. The standard InChI is InChI=1S/C19H15.C5H5.Ti/c1-4-10-16(11-5-1)19(17-12-6-2-7-13-17)18-14-8-3-9-15-18;1-2-4-5-3-1;/h1-15H;1-3H,4H2;/q2*-1;+2. The first-order valence-corrected chi connectivity index (χ1v) is 8.20. The number of hydrogen-bond donors (Lipinski definition) is 0. The van der Waals surface area contributed by atoms with Crippen molar-refractivity contribution < 1.29 is 21.7 Å². The van der Waals surface area contributed by atoms with Gasteiger partial charge in [0.05, 0.1) is 0 Å². The normalized spacial score (nSPS) is 11.2. The zero-order valence-corrected chi connectivity index (χ0v) is 15.7. The number of rotatable bonds is 3. The van der Waals surface area contributed by atoms with Crippen molar-refractivity contribution in [3.63, 3.8) is 0 Å². The second-order valence-electron chi connectivity index (χ2n) is 5.48. The summed E-state index contributed by atoms with van der Waals surface area (Å²) in [6.45, 7) is 0. The van der Waals surface area contributed by atoms with Gasteiger partial charge in [0.15, 0.2) is 0 Å². The van der Waals surface area contributed by atoms with Gasteiger partial charge in [0.1, 0.15) is 0 Å². The van der Waals surface area contributed by atoms with E-state index in [0.717, 1.165) is 6.42 Å². The van der Waals surface area contributed by atoms with Crippen LogP contribution in [0.3, 0.4) is 0 Å². The van der Waals surface area contributed by atoms with Gasteiger partial charge in [-0.15, -0.1) is 6.42 Å². The summed E-state index contributed by atoms with van der Waals surface area (Å²) in [5, 5.41) is 0. The monoisotopic (exact) mass is 356 g/mol. The molecule has 0 spiro atoms. The Kier molecular flexibility index (Phi) is 8.05. The van der Waals surface area contributed by atoms with Crippen LogP contribution in [0.25, 0.3) is 0 Å². The maximum absolute atomic E-state index is 2.99. The zero-order chi connectivity index (χ0) is 16.5. The molecule has 0 heterocycles. The van der Waals surface area contributed by atoms with E-state index in [1.165, 1.54) is 22.6 Å². The fraction of sp³-hybridized carbons (Fsp3) is 0.0417. The van der Waals surface area contributed by atoms with E-state index in [1.807, 2.05) is 12.2 Å². The molecule has 1 aliphatic carbocycles. The van der Waals surface area contributed by atoms with Gasteiger partial charge in [-0.25, -0.2) is 12.2 Å². The van der Waals surface area contributed by atoms with E-state index in [9.17, 15) is 0 Å². The van der Waals surface area contributed by atoms with Crippen molar-refractivity contribution in [1.82, 2.24) is 0 Å². The van der Waals surface area contributed by atoms with Crippen LogP contribution in [0.2, 0.25) is 0 Å². The van der Waals surface area contributed by atoms with Gasteiger partial charge in [-0.2, -0.15) is 6.08 Å². The van der Waals surface area contributed by atoms with Gasteiger partial charge >= 0.3 is 21.7 Å². The minimum Gasteiger partial charge on any atom is -0.273 e. The van der Waals surface area contributed by atoms with Gasteiger partial charge < -0.3 is 0 Å². The van der Waals surface area contributed by atoms with Gasteiger partial charge in [-0.3, -0.25) is 6.08 Å². The van der Waals surface area contributed by atoms with Crippen LogP contribution in [0, 0.1) is 12.0 Å². The Bertz CT molecular complexity index is 670. The summed E-state index contributed by atoms with van der Waals surface area (Å²) in [5.41, 5.74) is 3.75. The molecule has 0 N–H and O–H groups in total. The Morgan fingerprint density at radius 2 is 1.00 bits per heavy atom. The molecule has 0 aliphatic heterocycles. The molecule has 3 aromatic rings. The molecule has 0 bridgehead atoms. The topological polar surface area (TPSA) is 0 Å². The summed E-state index contributed by atoms with van der Waals surface area (Å²) in [6, 6.07) is 31.6. The molecule has 0 fully saturated rings. The van der Waals surface area contributed by atoms with Crippen LogP contribution >= 0.6 is 0 Å². The number of benzene rings is 3. The predicted octanol–water partition coefficient (Wildman–Crippen LogP) is 6.01. The molecule has 0 unspecified atom stereocenters. The van der Waals surface area contributed by atoms with Crippen LogP contribution in [0.5, 0.6) is 0 Å². The Balaban J connectivity index is 0.000000325. The van der Waals surface area contributed by atoms with Crippen LogP contribution in [0.4, 0.5) is 0 Å². The molecule has 0 atom stereocenters. The molecule has 0 aromatic heterocycles. The van der Waals surface area contributed by atoms with Crippen molar-refractivity contribution in [3.05, 3.63) is 138 Å². The minimum atomic E-state index is 0.